The molecule has 2 unspecified atom stereocenters. The van der Waals surface area contributed by atoms with Crippen molar-refractivity contribution in [1.82, 2.24) is 4.90 Å². The Morgan fingerprint density at radius 1 is 1.26 bits per heavy atom. The Bertz CT molecular complexity index is 378. The maximum Gasteiger partial charge on any atom is 0.340 e. The van der Waals surface area contributed by atoms with Crippen LogP contribution in [0.2, 0.25) is 0 Å². The lowest BCUT2D eigenvalue weighted by molar-refractivity contribution is -0.168. The van der Waals surface area contributed by atoms with Gasteiger partial charge in [-0.3, -0.25) is 4.90 Å². The van der Waals surface area contributed by atoms with Gasteiger partial charge in [0.2, 0.25) is 6.29 Å². The number of esters is 1. The fraction of sp³-hybridized carbons (Fsp3) is 0.533. The van der Waals surface area contributed by atoms with Crippen LogP contribution < -0.4 is 0 Å². The molecule has 0 aliphatic rings. The van der Waals surface area contributed by atoms with E-state index in [0.717, 1.165) is 12.8 Å². The van der Waals surface area contributed by atoms with Gasteiger partial charge in [-0.25, -0.2) is 4.79 Å². The van der Waals surface area contributed by atoms with Gasteiger partial charge in [-0.15, -0.1) is 0 Å². The van der Waals surface area contributed by atoms with Crippen molar-refractivity contribution in [1.29, 1.82) is 0 Å². The Morgan fingerprint density at radius 2 is 1.89 bits per heavy atom. The number of rotatable bonds is 7. The fourth-order valence-electron chi connectivity index (χ4n) is 1.74. The number of ether oxygens (including phenoxy) is 2. The highest BCUT2D eigenvalue weighted by atomic mass is 16.7. The average molecular weight is 265 g/mol. The summed E-state index contributed by atoms with van der Waals surface area (Å²) in [5, 5.41) is 0. The van der Waals surface area contributed by atoms with Gasteiger partial charge < -0.3 is 9.47 Å². The van der Waals surface area contributed by atoms with E-state index in [1.165, 1.54) is 0 Å². The second-order valence-electron chi connectivity index (χ2n) is 4.68. The van der Waals surface area contributed by atoms with E-state index >= 15 is 0 Å². The maximum absolute atomic E-state index is 11.8. The monoisotopic (exact) mass is 265 g/mol. The topological polar surface area (TPSA) is 38.8 Å². The minimum absolute atomic E-state index is 0.0384. The van der Waals surface area contributed by atoms with E-state index in [0.29, 0.717) is 5.56 Å². The summed E-state index contributed by atoms with van der Waals surface area (Å²) in [6.45, 7) is 3.84. The zero-order valence-corrected chi connectivity index (χ0v) is 12.1. The molecule has 19 heavy (non-hydrogen) atoms. The molecule has 0 amide bonds. The van der Waals surface area contributed by atoms with E-state index in [9.17, 15) is 4.79 Å². The molecule has 4 nitrogen and oxygen atoms in total. The first-order valence-electron chi connectivity index (χ1n) is 6.62. The Labute approximate surface area is 115 Å². The molecule has 0 radical (unpaired) electrons. The van der Waals surface area contributed by atoms with Crippen LogP contribution in [-0.2, 0) is 9.47 Å². The molecular weight excluding hydrogens is 242 g/mol. The molecule has 1 aromatic carbocycles. The smallest absolute Gasteiger partial charge is 0.340 e. The Balaban J connectivity index is 2.50. The normalized spacial score (nSPS) is 14.2. The number of hydrogen-bond acceptors (Lipinski definition) is 4. The van der Waals surface area contributed by atoms with E-state index in [2.05, 4.69) is 6.92 Å². The van der Waals surface area contributed by atoms with E-state index in [-0.39, 0.29) is 12.2 Å². The van der Waals surface area contributed by atoms with E-state index < -0.39 is 6.29 Å². The number of carbonyl (C=O) groups excluding carboxylic acids is 1. The molecule has 2 atom stereocenters. The molecule has 0 saturated heterocycles. The van der Waals surface area contributed by atoms with Crippen LogP contribution in [0, 0.1) is 0 Å². The highest BCUT2D eigenvalue weighted by Crippen LogP contribution is 2.11. The zero-order chi connectivity index (χ0) is 14.3. The Hall–Kier alpha value is -1.39. The highest BCUT2D eigenvalue weighted by molar-refractivity contribution is 5.89. The van der Waals surface area contributed by atoms with Crippen molar-refractivity contribution >= 4 is 5.97 Å². The summed E-state index contributed by atoms with van der Waals surface area (Å²) in [5.74, 6) is -0.359. The second-order valence-corrected chi connectivity index (χ2v) is 4.68. The van der Waals surface area contributed by atoms with Crippen molar-refractivity contribution < 1.29 is 14.3 Å². The highest BCUT2D eigenvalue weighted by Gasteiger charge is 2.18. The van der Waals surface area contributed by atoms with Gasteiger partial charge in [0.15, 0.2) is 0 Å². The van der Waals surface area contributed by atoms with Gasteiger partial charge in [0.25, 0.3) is 0 Å². The predicted molar refractivity (Wildman–Crippen MR) is 74.8 cm³/mol. The van der Waals surface area contributed by atoms with Gasteiger partial charge in [0.1, 0.15) is 6.23 Å². The summed E-state index contributed by atoms with van der Waals surface area (Å²) >= 11 is 0. The molecule has 0 aliphatic carbocycles. The number of nitrogens with zero attached hydrogens (tertiary/aromatic N) is 1. The molecule has 4 heteroatoms. The number of hydrogen-bond donors (Lipinski definition) is 0. The van der Waals surface area contributed by atoms with Crippen LogP contribution in [0.25, 0.3) is 0 Å². The minimum Gasteiger partial charge on any atom is -0.432 e. The predicted octanol–water partition coefficient (Wildman–Crippen LogP) is 2.89. The quantitative estimate of drug-likeness (QED) is 0.561. The van der Waals surface area contributed by atoms with Crippen LogP contribution in [0.4, 0.5) is 0 Å². The molecule has 0 bridgehead atoms. The molecule has 0 fully saturated rings. The van der Waals surface area contributed by atoms with Crippen LogP contribution in [-0.4, -0.2) is 37.5 Å². The lowest BCUT2D eigenvalue weighted by Crippen LogP contribution is -2.35. The maximum atomic E-state index is 11.8. The largest absolute Gasteiger partial charge is 0.432 e. The van der Waals surface area contributed by atoms with Gasteiger partial charge in [-0.05, 0) is 39.6 Å². The van der Waals surface area contributed by atoms with Crippen LogP contribution in [0.5, 0.6) is 0 Å². The first-order valence-corrected chi connectivity index (χ1v) is 6.62. The van der Waals surface area contributed by atoms with Crippen molar-refractivity contribution in [2.75, 3.05) is 14.1 Å². The molecule has 106 valence electrons. The Morgan fingerprint density at radius 3 is 2.42 bits per heavy atom. The average Bonchev–Trinajstić information content (AvgIpc) is 2.39. The third kappa shape index (κ3) is 5.41. The van der Waals surface area contributed by atoms with Gasteiger partial charge in [0, 0.05) is 0 Å². The summed E-state index contributed by atoms with van der Waals surface area (Å²) in [7, 11) is 3.90. The molecule has 0 aliphatic heterocycles. The van der Waals surface area contributed by atoms with Crippen molar-refractivity contribution in [2.24, 2.45) is 0 Å². The van der Waals surface area contributed by atoms with Crippen molar-refractivity contribution in [3.8, 4) is 0 Å². The van der Waals surface area contributed by atoms with E-state index in [4.69, 9.17) is 9.47 Å². The third-order valence-corrected chi connectivity index (χ3v) is 2.74. The summed E-state index contributed by atoms with van der Waals surface area (Å²) in [4.78, 5) is 13.8. The van der Waals surface area contributed by atoms with Crippen LogP contribution in [0.1, 0.15) is 37.0 Å². The molecule has 0 saturated carbocycles. The van der Waals surface area contributed by atoms with Gasteiger partial charge in [-0.2, -0.15) is 0 Å². The second kappa shape index (κ2) is 7.92. The molecule has 0 aromatic heterocycles. The fourth-order valence-corrected chi connectivity index (χ4v) is 1.74. The molecule has 1 rings (SSSR count). The summed E-state index contributed by atoms with van der Waals surface area (Å²) in [6.07, 6.45) is 1.32. The Kier molecular flexibility index (Phi) is 6.53. The van der Waals surface area contributed by atoms with Gasteiger partial charge in [0.05, 0.1) is 5.56 Å². The molecular formula is C15H23NO3. The summed E-state index contributed by atoms with van der Waals surface area (Å²) in [6, 6.07) is 8.93. The number of carbonyl (C=O) groups is 1. The summed E-state index contributed by atoms with van der Waals surface area (Å²) in [5.41, 5.74) is 0.537. The lowest BCUT2D eigenvalue weighted by atomic mass is 10.2. The first-order chi connectivity index (χ1) is 9.04. The lowest BCUT2D eigenvalue weighted by Gasteiger charge is -2.27. The number of benzene rings is 1. The molecule has 0 N–H and O–H groups in total. The van der Waals surface area contributed by atoms with Crippen LogP contribution >= 0.6 is 0 Å². The van der Waals surface area contributed by atoms with E-state index in [1.54, 1.807) is 19.1 Å². The molecule has 1 aromatic rings. The minimum atomic E-state index is -0.563. The van der Waals surface area contributed by atoms with E-state index in [1.807, 2.05) is 37.2 Å². The zero-order valence-electron chi connectivity index (χ0n) is 12.1. The van der Waals surface area contributed by atoms with Crippen LogP contribution in [0.15, 0.2) is 30.3 Å². The van der Waals surface area contributed by atoms with Crippen molar-refractivity contribution in [3.63, 3.8) is 0 Å². The van der Waals surface area contributed by atoms with Gasteiger partial charge in [-0.1, -0.05) is 31.5 Å². The standard InChI is InChI=1S/C15H23NO3/c1-5-9-14(16(3)4)18-12(2)19-15(17)13-10-7-6-8-11-13/h6-8,10-12,14H,5,9H2,1-4H3. The van der Waals surface area contributed by atoms with Gasteiger partial charge >= 0.3 is 5.97 Å². The van der Waals surface area contributed by atoms with Crippen molar-refractivity contribution in [3.05, 3.63) is 35.9 Å². The molecule has 0 spiro atoms. The SMILES string of the molecule is CCCC(OC(C)OC(=O)c1ccccc1)N(C)C. The van der Waals surface area contributed by atoms with Crippen LogP contribution in [0.3, 0.4) is 0 Å². The third-order valence-electron chi connectivity index (χ3n) is 2.74. The summed E-state index contributed by atoms with van der Waals surface area (Å²) < 4.78 is 11.0. The molecule has 0 heterocycles. The van der Waals surface area contributed by atoms with Crippen molar-refractivity contribution in [2.45, 2.75) is 39.2 Å². The first kappa shape index (κ1) is 15.7.